The molecule has 2 N–H and O–H groups in total. The van der Waals surface area contributed by atoms with E-state index >= 15 is 8.78 Å². The van der Waals surface area contributed by atoms with E-state index < -0.39 is 21.8 Å². The summed E-state index contributed by atoms with van der Waals surface area (Å²) in [6.07, 6.45) is 7.12. The molecule has 0 atom stereocenters. The fourth-order valence-electron chi connectivity index (χ4n) is 5.39. The molecule has 4 aromatic rings. The SMILES string of the molecule is O=S(=O)(Nc1cc(Cl)cc(-c2cn(-c3ccc(N4CCCNCC4)cc3F)nc2-c2ccncc2)c1F)N1CCCC1. The van der Waals surface area contributed by atoms with Crippen LogP contribution in [0.3, 0.4) is 0 Å². The summed E-state index contributed by atoms with van der Waals surface area (Å²) in [7, 11) is -3.97. The van der Waals surface area contributed by atoms with Crippen LogP contribution in [0.5, 0.6) is 0 Å². The number of pyridine rings is 1. The van der Waals surface area contributed by atoms with Gasteiger partial charge in [0.25, 0.3) is 0 Å². The lowest BCUT2D eigenvalue weighted by atomic mass is 10.0. The Morgan fingerprint density at radius 3 is 2.45 bits per heavy atom. The minimum absolute atomic E-state index is 0.0220. The maximum atomic E-state index is 16.1. The Bertz CT molecular complexity index is 1690. The lowest BCUT2D eigenvalue weighted by molar-refractivity contribution is 0.482. The molecule has 2 aliphatic heterocycles. The Morgan fingerprint density at radius 1 is 0.905 bits per heavy atom. The van der Waals surface area contributed by atoms with E-state index in [4.69, 9.17) is 11.6 Å². The van der Waals surface area contributed by atoms with Crippen molar-refractivity contribution >= 4 is 33.2 Å². The van der Waals surface area contributed by atoms with Gasteiger partial charge in [-0.2, -0.15) is 17.8 Å². The third kappa shape index (κ3) is 5.84. The molecule has 2 aliphatic rings. The van der Waals surface area contributed by atoms with E-state index in [1.165, 1.54) is 33.4 Å². The van der Waals surface area contributed by atoms with Gasteiger partial charge in [-0.1, -0.05) is 11.6 Å². The highest BCUT2D eigenvalue weighted by Crippen LogP contribution is 2.38. The number of rotatable bonds is 7. The van der Waals surface area contributed by atoms with Crippen LogP contribution in [-0.4, -0.2) is 66.8 Å². The number of benzene rings is 2. The molecular weight excluding hydrogens is 584 g/mol. The molecule has 0 aliphatic carbocycles. The second kappa shape index (κ2) is 12.0. The molecule has 13 heteroatoms. The van der Waals surface area contributed by atoms with Gasteiger partial charge in [0, 0.05) is 78.7 Å². The van der Waals surface area contributed by atoms with Gasteiger partial charge in [0.15, 0.2) is 11.6 Å². The molecule has 2 saturated heterocycles. The molecule has 0 spiro atoms. The molecule has 0 saturated carbocycles. The number of hydrogen-bond acceptors (Lipinski definition) is 6. The topological polar surface area (TPSA) is 95.4 Å². The number of nitrogens with one attached hydrogen (secondary N) is 2. The first-order chi connectivity index (χ1) is 20.3. The van der Waals surface area contributed by atoms with Crippen molar-refractivity contribution in [2.75, 3.05) is 48.9 Å². The fourth-order valence-corrected chi connectivity index (χ4v) is 6.90. The first-order valence-electron chi connectivity index (χ1n) is 13.8. The van der Waals surface area contributed by atoms with Crippen LogP contribution in [0.15, 0.2) is 61.1 Å². The molecule has 6 rings (SSSR count). The normalized spacial score (nSPS) is 16.5. The molecule has 9 nitrogen and oxygen atoms in total. The smallest absolute Gasteiger partial charge is 0.301 e. The molecule has 0 bridgehead atoms. The van der Waals surface area contributed by atoms with Crippen LogP contribution >= 0.6 is 11.6 Å². The molecule has 42 heavy (non-hydrogen) atoms. The monoisotopic (exact) mass is 613 g/mol. The van der Waals surface area contributed by atoms with Gasteiger partial charge in [-0.25, -0.2) is 13.5 Å². The third-order valence-corrected chi connectivity index (χ3v) is 9.26. The maximum absolute atomic E-state index is 16.1. The number of hydrogen-bond donors (Lipinski definition) is 2. The first kappa shape index (κ1) is 28.5. The van der Waals surface area contributed by atoms with Gasteiger partial charge in [-0.05, 0) is 68.3 Å². The second-order valence-electron chi connectivity index (χ2n) is 10.3. The summed E-state index contributed by atoms with van der Waals surface area (Å²) >= 11 is 6.39. The number of aromatic nitrogens is 3. The highest BCUT2D eigenvalue weighted by atomic mass is 35.5. The zero-order chi connectivity index (χ0) is 29.3. The van der Waals surface area contributed by atoms with Crippen molar-refractivity contribution in [2.24, 2.45) is 0 Å². The van der Waals surface area contributed by atoms with Crippen molar-refractivity contribution in [1.29, 1.82) is 0 Å². The number of nitrogens with zero attached hydrogens (tertiary/aromatic N) is 5. The zero-order valence-electron chi connectivity index (χ0n) is 22.7. The molecule has 0 amide bonds. The van der Waals surface area contributed by atoms with Gasteiger partial charge in [0.05, 0.1) is 5.69 Å². The average Bonchev–Trinajstić information content (AvgIpc) is 3.61. The Kier molecular flexibility index (Phi) is 8.13. The number of anilines is 2. The Hall–Kier alpha value is -3.58. The van der Waals surface area contributed by atoms with Crippen molar-refractivity contribution in [3.63, 3.8) is 0 Å². The highest BCUT2D eigenvalue weighted by molar-refractivity contribution is 7.90. The molecule has 2 fully saturated rings. The van der Waals surface area contributed by atoms with E-state index in [0.717, 1.165) is 51.1 Å². The molecule has 4 heterocycles. The van der Waals surface area contributed by atoms with Crippen molar-refractivity contribution in [3.8, 4) is 28.1 Å². The molecule has 0 unspecified atom stereocenters. The van der Waals surface area contributed by atoms with Gasteiger partial charge in [0.2, 0.25) is 0 Å². The summed E-state index contributed by atoms with van der Waals surface area (Å²) in [5.41, 5.74) is 1.99. The second-order valence-corrected chi connectivity index (χ2v) is 12.4. The Balaban J connectivity index is 1.42. The molecular formula is C29H30ClF2N7O2S. The summed E-state index contributed by atoms with van der Waals surface area (Å²) in [4.78, 5) is 6.19. The van der Waals surface area contributed by atoms with E-state index in [1.54, 1.807) is 30.6 Å². The molecule has 220 valence electrons. The lowest BCUT2D eigenvalue weighted by Gasteiger charge is -2.22. The van der Waals surface area contributed by atoms with E-state index in [2.05, 4.69) is 25.0 Å². The van der Waals surface area contributed by atoms with Gasteiger partial charge < -0.3 is 10.2 Å². The average molecular weight is 614 g/mol. The van der Waals surface area contributed by atoms with Crippen LogP contribution in [-0.2, 0) is 10.2 Å². The van der Waals surface area contributed by atoms with Crippen LogP contribution in [0.4, 0.5) is 20.2 Å². The minimum Gasteiger partial charge on any atom is -0.370 e. The van der Waals surface area contributed by atoms with Gasteiger partial charge >= 0.3 is 10.2 Å². The summed E-state index contributed by atoms with van der Waals surface area (Å²) in [6.45, 7) is 4.07. The van der Waals surface area contributed by atoms with Crippen molar-refractivity contribution in [2.45, 2.75) is 19.3 Å². The van der Waals surface area contributed by atoms with Crippen LogP contribution in [0.2, 0.25) is 5.02 Å². The van der Waals surface area contributed by atoms with Crippen LogP contribution in [0.1, 0.15) is 19.3 Å². The van der Waals surface area contributed by atoms with Gasteiger partial charge in [-0.3, -0.25) is 9.71 Å². The standard InChI is InChI=1S/C29H30ClF2N7O2S/c30-21-16-23(28(32)26(17-21)36-42(40,41)38-13-1-2-14-38)24-19-39(35-29(24)20-6-9-34-10-7-20)27-5-4-22(18-25(27)31)37-12-3-8-33-11-15-37/h4-7,9-10,16-19,33,36H,1-3,8,11-15H2. The Labute approximate surface area is 248 Å². The largest absolute Gasteiger partial charge is 0.370 e. The highest BCUT2D eigenvalue weighted by Gasteiger charge is 2.28. The van der Waals surface area contributed by atoms with Crippen LogP contribution < -0.4 is 14.9 Å². The van der Waals surface area contributed by atoms with E-state index in [9.17, 15) is 8.42 Å². The molecule has 2 aromatic heterocycles. The fraction of sp³-hybridized carbons (Fsp3) is 0.310. The quantitative estimate of drug-likeness (QED) is 0.302. The van der Waals surface area contributed by atoms with E-state index in [-0.39, 0.29) is 22.0 Å². The third-order valence-electron chi connectivity index (χ3n) is 7.52. The minimum atomic E-state index is -3.97. The van der Waals surface area contributed by atoms with Crippen molar-refractivity contribution in [3.05, 3.63) is 77.7 Å². The van der Waals surface area contributed by atoms with Crippen molar-refractivity contribution < 1.29 is 17.2 Å². The summed E-state index contributed by atoms with van der Waals surface area (Å²) in [5.74, 6) is -1.30. The van der Waals surface area contributed by atoms with E-state index in [1.807, 2.05) is 6.07 Å². The van der Waals surface area contributed by atoms with Gasteiger partial charge in [0.1, 0.15) is 11.4 Å². The first-order valence-corrected chi connectivity index (χ1v) is 15.6. The Morgan fingerprint density at radius 2 is 1.69 bits per heavy atom. The number of halogens is 3. The molecule has 2 aromatic carbocycles. The lowest BCUT2D eigenvalue weighted by Crippen LogP contribution is -2.33. The van der Waals surface area contributed by atoms with E-state index in [0.29, 0.717) is 29.9 Å². The van der Waals surface area contributed by atoms with Gasteiger partial charge in [-0.15, -0.1) is 0 Å². The maximum Gasteiger partial charge on any atom is 0.301 e. The summed E-state index contributed by atoms with van der Waals surface area (Å²) in [6, 6.07) is 11.1. The van der Waals surface area contributed by atoms with Crippen LogP contribution in [0, 0.1) is 11.6 Å². The van der Waals surface area contributed by atoms with Crippen LogP contribution in [0.25, 0.3) is 28.1 Å². The predicted molar refractivity (Wildman–Crippen MR) is 160 cm³/mol. The summed E-state index contributed by atoms with van der Waals surface area (Å²) < 4.78 is 62.5. The zero-order valence-corrected chi connectivity index (χ0v) is 24.3. The summed E-state index contributed by atoms with van der Waals surface area (Å²) in [5, 5.41) is 8.12. The predicted octanol–water partition coefficient (Wildman–Crippen LogP) is 5.09. The van der Waals surface area contributed by atoms with Crippen molar-refractivity contribution in [1.82, 2.24) is 24.4 Å². The molecule has 0 radical (unpaired) electrons.